The van der Waals surface area contributed by atoms with E-state index in [1.165, 1.54) is 12.1 Å². The summed E-state index contributed by atoms with van der Waals surface area (Å²) in [5, 5.41) is 2.57. The third-order valence-corrected chi connectivity index (χ3v) is 6.52. The van der Waals surface area contributed by atoms with Crippen molar-refractivity contribution in [2.24, 2.45) is 10.9 Å². The van der Waals surface area contributed by atoms with Crippen molar-refractivity contribution in [3.63, 3.8) is 0 Å². The zero-order valence-corrected chi connectivity index (χ0v) is 23.1. The average Bonchev–Trinajstić information content (AvgIpc) is 2.71. The van der Waals surface area contributed by atoms with Gasteiger partial charge in [0.1, 0.15) is 11.2 Å². The first-order valence-electron chi connectivity index (χ1n) is 12.1. The Bertz CT molecular complexity index is 1030. The molecule has 1 aromatic rings. The highest BCUT2D eigenvalue weighted by atomic mass is 32.2. The summed E-state index contributed by atoms with van der Waals surface area (Å²) in [5.41, 5.74) is -0.479. The number of carbonyl (C=O) groups is 2. The zero-order valence-electron chi connectivity index (χ0n) is 22.3. The first-order valence-corrected chi connectivity index (χ1v) is 13.5. The molecule has 1 N–H and O–H groups in total. The number of nitrogens with zero attached hydrogens (tertiary/aromatic N) is 2. The van der Waals surface area contributed by atoms with Crippen molar-refractivity contribution < 1.29 is 31.7 Å². The van der Waals surface area contributed by atoms with Crippen LogP contribution in [-0.4, -0.2) is 62.4 Å². The molecule has 0 atom stereocenters. The molecule has 0 radical (unpaired) electrons. The number of amides is 2. The monoisotopic (exact) mass is 525 g/mol. The van der Waals surface area contributed by atoms with Gasteiger partial charge in [0.25, 0.3) is 10.1 Å². The summed E-state index contributed by atoms with van der Waals surface area (Å²) in [4.78, 5) is 30.6. The molecule has 36 heavy (non-hydrogen) atoms. The number of benzene rings is 1. The molecule has 1 aromatic carbocycles. The predicted octanol–water partition coefficient (Wildman–Crippen LogP) is 4.62. The topological polar surface area (TPSA) is 124 Å². The van der Waals surface area contributed by atoms with Gasteiger partial charge in [-0.05, 0) is 85.8 Å². The van der Waals surface area contributed by atoms with Crippen LogP contribution in [0.3, 0.4) is 0 Å². The van der Waals surface area contributed by atoms with Gasteiger partial charge in [0.15, 0.2) is 0 Å². The van der Waals surface area contributed by atoms with Crippen LogP contribution in [0.1, 0.15) is 66.4 Å². The highest BCUT2D eigenvalue weighted by molar-refractivity contribution is 7.86. The third kappa shape index (κ3) is 10.5. The number of hydrogen-bond donors (Lipinski definition) is 1. The summed E-state index contributed by atoms with van der Waals surface area (Å²) in [6, 6.07) is 6.53. The Labute approximate surface area is 214 Å². The van der Waals surface area contributed by atoms with Crippen LogP contribution in [0.15, 0.2) is 34.2 Å². The van der Waals surface area contributed by atoms with Gasteiger partial charge in [-0.1, -0.05) is 17.7 Å². The molecule has 0 bridgehead atoms. The van der Waals surface area contributed by atoms with E-state index in [9.17, 15) is 18.0 Å². The number of rotatable bonds is 5. The largest absolute Gasteiger partial charge is 0.444 e. The van der Waals surface area contributed by atoms with E-state index in [-0.39, 0.29) is 23.4 Å². The fourth-order valence-corrected chi connectivity index (χ4v) is 4.40. The van der Waals surface area contributed by atoms with Gasteiger partial charge in [0.2, 0.25) is 5.96 Å². The van der Waals surface area contributed by atoms with Crippen LogP contribution >= 0.6 is 0 Å². The van der Waals surface area contributed by atoms with Crippen molar-refractivity contribution in [1.82, 2.24) is 10.2 Å². The van der Waals surface area contributed by atoms with Crippen molar-refractivity contribution >= 4 is 28.3 Å². The quantitative estimate of drug-likeness (QED) is 0.336. The van der Waals surface area contributed by atoms with Gasteiger partial charge in [-0.15, -0.1) is 4.99 Å². The minimum atomic E-state index is -3.80. The maximum absolute atomic E-state index is 12.4. The lowest BCUT2D eigenvalue weighted by atomic mass is 9.94. The number of nitrogens with one attached hydrogen (secondary N) is 1. The molecule has 2 amide bonds. The molecule has 1 saturated heterocycles. The number of guanidine groups is 1. The molecular weight excluding hydrogens is 486 g/mol. The van der Waals surface area contributed by atoms with E-state index in [2.05, 4.69) is 10.3 Å². The molecule has 202 valence electrons. The van der Waals surface area contributed by atoms with Crippen LogP contribution in [0.5, 0.6) is 0 Å². The molecule has 0 spiro atoms. The van der Waals surface area contributed by atoms with E-state index in [1.807, 2.05) is 6.92 Å². The van der Waals surface area contributed by atoms with Crippen LogP contribution in [0.25, 0.3) is 0 Å². The van der Waals surface area contributed by atoms with E-state index in [0.29, 0.717) is 32.4 Å². The summed E-state index contributed by atoms with van der Waals surface area (Å²) in [5.74, 6) is 0.286. The van der Waals surface area contributed by atoms with Gasteiger partial charge >= 0.3 is 12.2 Å². The Morgan fingerprint density at radius 3 is 2.08 bits per heavy atom. The maximum atomic E-state index is 12.4. The number of piperidine rings is 1. The Morgan fingerprint density at radius 2 is 1.56 bits per heavy atom. The molecule has 10 nitrogen and oxygen atoms in total. The summed E-state index contributed by atoms with van der Waals surface area (Å²) < 4.78 is 40.6. The van der Waals surface area contributed by atoms with Crippen molar-refractivity contribution in [2.45, 2.75) is 83.8 Å². The van der Waals surface area contributed by atoms with E-state index < -0.39 is 33.5 Å². The van der Waals surface area contributed by atoms with Gasteiger partial charge in [-0.2, -0.15) is 8.42 Å². The summed E-state index contributed by atoms with van der Waals surface area (Å²) in [7, 11) is -3.80. The van der Waals surface area contributed by atoms with E-state index in [4.69, 9.17) is 13.7 Å². The van der Waals surface area contributed by atoms with E-state index >= 15 is 0 Å². The van der Waals surface area contributed by atoms with Crippen LogP contribution in [0.2, 0.25) is 0 Å². The van der Waals surface area contributed by atoms with E-state index in [0.717, 1.165) is 5.56 Å². The minimum absolute atomic E-state index is 0.0650. The molecule has 1 heterocycles. The first kappa shape index (κ1) is 29.6. The number of aliphatic imine (C=N–C) groups is 1. The second-order valence-corrected chi connectivity index (χ2v) is 12.5. The number of aryl methyl sites for hydroxylation is 1. The van der Waals surface area contributed by atoms with Crippen LogP contribution in [0.4, 0.5) is 9.59 Å². The fraction of sp³-hybridized carbons (Fsp3) is 0.640. The first-order chi connectivity index (χ1) is 16.5. The number of alkyl carbamates (subject to hydrolysis) is 1. The molecule has 2 rings (SSSR count). The highest BCUT2D eigenvalue weighted by Gasteiger charge is 2.27. The number of hydrogen-bond acceptors (Lipinski definition) is 7. The van der Waals surface area contributed by atoms with Crippen molar-refractivity contribution in [3.05, 3.63) is 29.8 Å². The number of likely N-dealkylation sites (tertiary alicyclic amines) is 1. The standard InChI is InChI=1S/C25H39N3O7S/c1-18-8-10-20(11-9-18)36(31,32)33-17-14-19-12-15-28(16-13-19)21(26-22(29)34-24(2,3)4)27-23(30)35-25(5,6)7/h8-11,19H,12-17H2,1-7H3,(H,26,27,29,30). The van der Waals surface area contributed by atoms with Crippen LogP contribution in [0, 0.1) is 12.8 Å². The summed E-state index contributed by atoms with van der Waals surface area (Å²) >= 11 is 0. The van der Waals surface area contributed by atoms with Gasteiger partial charge in [0, 0.05) is 13.1 Å². The SMILES string of the molecule is Cc1ccc(S(=O)(=O)OCCC2CCN(/C(=N/C(=O)OC(C)(C)C)NC(=O)OC(C)(C)C)CC2)cc1. The average molecular weight is 526 g/mol. The number of carbonyl (C=O) groups excluding carboxylic acids is 2. The van der Waals surface area contributed by atoms with E-state index in [1.54, 1.807) is 58.6 Å². The Kier molecular flexibility index (Phi) is 9.90. The molecule has 1 aliphatic rings. The van der Waals surface area contributed by atoms with Crippen LogP contribution < -0.4 is 5.32 Å². The predicted molar refractivity (Wildman–Crippen MR) is 136 cm³/mol. The number of ether oxygens (including phenoxy) is 2. The normalized spacial score (nSPS) is 16.0. The molecule has 1 aliphatic heterocycles. The van der Waals surface area contributed by atoms with Gasteiger partial charge < -0.3 is 14.4 Å². The third-order valence-electron chi connectivity index (χ3n) is 5.19. The van der Waals surface area contributed by atoms with Crippen LogP contribution in [-0.2, 0) is 23.8 Å². The molecule has 0 saturated carbocycles. The van der Waals surface area contributed by atoms with Crippen molar-refractivity contribution in [1.29, 1.82) is 0 Å². The molecular formula is C25H39N3O7S. The molecule has 1 fully saturated rings. The molecule has 11 heteroatoms. The van der Waals surface area contributed by atoms with Gasteiger partial charge in [-0.25, -0.2) is 9.59 Å². The van der Waals surface area contributed by atoms with Crippen molar-refractivity contribution in [3.8, 4) is 0 Å². The fourth-order valence-electron chi connectivity index (χ4n) is 3.47. The second kappa shape index (κ2) is 12.1. The molecule has 0 unspecified atom stereocenters. The summed E-state index contributed by atoms with van der Waals surface area (Å²) in [6.45, 7) is 13.4. The Morgan fingerprint density at radius 1 is 1.00 bits per heavy atom. The molecule has 0 aromatic heterocycles. The minimum Gasteiger partial charge on any atom is -0.444 e. The Balaban J connectivity index is 1.96. The van der Waals surface area contributed by atoms with Gasteiger partial charge in [0.05, 0.1) is 11.5 Å². The maximum Gasteiger partial charge on any atom is 0.437 e. The lowest BCUT2D eigenvalue weighted by Crippen LogP contribution is -2.49. The smallest absolute Gasteiger partial charge is 0.437 e. The zero-order chi connectivity index (χ0) is 27.1. The Hall–Kier alpha value is -2.66. The molecule has 0 aliphatic carbocycles. The highest BCUT2D eigenvalue weighted by Crippen LogP contribution is 2.22. The summed E-state index contributed by atoms with van der Waals surface area (Å²) in [6.07, 6.45) is 0.443. The van der Waals surface area contributed by atoms with Crippen molar-refractivity contribution in [2.75, 3.05) is 19.7 Å². The lowest BCUT2D eigenvalue weighted by Gasteiger charge is -2.34. The van der Waals surface area contributed by atoms with Gasteiger partial charge in [-0.3, -0.25) is 9.50 Å². The lowest BCUT2D eigenvalue weighted by molar-refractivity contribution is 0.0552. The second-order valence-electron chi connectivity index (χ2n) is 10.9.